The molecule has 0 fully saturated rings. The number of halogens is 2. The van der Waals surface area contributed by atoms with E-state index in [2.05, 4.69) is 21.2 Å². The summed E-state index contributed by atoms with van der Waals surface area (Å²) in [5.41, 5.74) is 1.74. The molecule has 2 aromatic rings. The van der Waals surface area contributed by atoms with Crippen LogP contribution in [0.4, 0.5) is 4.39 Å². The minimum atomic E-state index is -0.195. The van der Waals surface area contributed by atoms with Crippen molar-refractivity contribution in [1.29, 1.82) is 0 Å². The number of rotatable bonds is 3. The van der Waals surface area contributed by atoms with E-state index in [9.17, 15) is 4.39 Å². The summed E-state index contributed by atoms with van der Waals surface area (Å²) in [5.74, 6) is -0.195. The molecule has 1 nitrogen and oxygen atoms in total. The van der Waals surface area contributed by atoms with E-state index in [1.165, 1.54) is 6.07 Å². The normalized spacial score (nSPS) is 12.7. The monoisotopic (exact) mass is 299 g/mol. The third kappa shape index (κ3) is 2.19. The zero-order valence-corrected chi connectivity index (χ0v) is 11.1. The molecule has 16 heavy (non-hydrogen) atoms. The molecular formula is C12H11BrFNS. The Labute approximate surface area is 106 Å². The molecule has 0 bridgehead atoms. The molecular weight excluding hydrogens is 289 g/mol. The molecule has 1 heterocycles. The third-order valence-corrected chi connectivity index (χ3v) is 3.85. The molecule has 0 saturated heterocycles. The van der Waals surface area contributed by atoms with Crippen LogP contribution in [-0.2, 0) is 0 Å². The highest BCUT2D eigenvalue weighted by molar-refractivity contribution is 9.10. The van der Waals surface area contributed by atoms with Crippen molar-refractivity contribution in [3.05, 3.63) is 56.4 Å². The fourth-order valence-electron chi connectivity index (χ4n) is 1.70. The fourth-order valence-corrected chi connectivity index (χ4v) is 2.96. The second-order valence-corrected chi connectivity index (χ2v) is 5.05. The molecule has 1 unspecified atom stereocenters. The summed E-state index contributed by atoms with van der Waals surface area (Å²) in [6.45, 7) is 0. The van der Waals surface area contributed by atoms with Gasteiger partial charge in [0.15, 0.2) is 0 Å². The molecule has 0 spiro atoms. The minimum absolute atomic E-state index is 0.109. The van der Waals surface area contributed by atoms with Gasteiger partial charge in [0, 0.05) is 10.0 Å². The molecule has 2 rings (SSSR count). The van der Waals surface area contributed by atoms with Crippen molar-refractivity contribution >= 4 is 27.3 Å². The van der Waals surface area contributed by atoms with Crippen molar-refractivity contribution in [2.45, 2.75) is 6.04 Å². The van der Waals surface area contributed by atoms with Gasteiger partial charge in [-0.25, -0.2) is 4.39 Å². The van der Waals surface area contributed by atoms with Gasteiger partial charge in [0.2, 0.25) is 0 Å². The van der Waals surface area contributed by atoms with Gasteiger partial charge in [-0.3, -0.25) is 0 Å². The van der Waals surface area contributed by atoms with Crippen molar-refractivity contribution in [3.63, 3.8) is 0 Å². The van der Waals surface area contributed by atoms with E-state index in [-0.39, 0.29) is 11.9 Å². The summed E-state index contributed by atoms with van der Waals surface area (Å²) in [5, 5.41) is 7.16. The maximum atomic E-state index is 13.8. The molecule has 84 valence electrons. The highest BCUT2D eigenvalue weighted by Gasteiger charge is 2.19. The van der Waals surface area contributed by atoms with Gasteiger partial charge in [0.25, 0.3) is 0 Å². The van der Waals surface area contributed by atoms with Crippen LogP contribution in [0.15, 0.2) is 39.5 Å². The smallest absolute Gasteiger partial charge is 0.129 e. The number of hydrogen-bond acceptors (Lipinski definition) is 2. The fraction of sp³-hybridized carbons (Fsp3) is 0.167. The molecule has 1 aromatic carbocycles. The van der Waals surface area contributed by atoms with Crippen LogP contribution < -0.4 is 5.32 Å². The largest absolute Gasteiger partial charge is 0.309 e. The summed E-state index contributed by atoms with van der Waals surface area (Å²) < 4.78 is 14.6. The van der Waals surface area contributed by atoms with Crippen LogP contribution in [0.25, 0.3) is 0 Å². The van der Waals surface area contributed by atoms with Crippen molar-refractivity contribution in [1.82, 2.24) is 5.32 Å². The summed E-state index contributed by atoms with van der Waals surface area (Å²) >= 11 is 5.01. The summed E-state index contributed by atoms with van der Waals surface area (Å²) in [6, 6.07) is 6.93. The maximum Gasteiger partial charge on any atom is 0.129 e. The van der Waals surface area contributed by atoms with Crippen molar-refractivity contribution in [3.8, 4) is 0 Å². The number of nitrogens with one attached hydrogen (secondary N) is 1. The Bertz CT molecular complexity index is 450. The highest BCUT2D eigenvalue weighted by atomic mass is 79.9. The van der Waals surface area contributed by atoms with E-state index in [4.69, 9.17) is 0 Å². The molecule has 0 aliphatic rings. The van der Waals surface area contributed by atoms with E-state index >= 15 is 0 Å². The van der Waals surface area contributed by atoms with Gasteiger partial charge < -0.3 is 5.32 Å². The van der Waals surface area contributed by atoms with Gasteiger partial charge in [0.05, 0.1) is 6.04 Å². The average molecular weight is 300 g/mol. The Morgan fingerprint density at radius 3 is 2.75 bits per heavy atom. The molecule has 0 saturated carbocycles. The van der Waals surface area contributed by atoms with Crippen molar-refractivity contribution in [2.75, 3.05) is 7.05 Å². The molecule has 1 aromatic heterocycles. The lowest BCUT2D eigenvalue weighted by atomic mass is 10.0. The Morgan fingerprint density at radius 2 is 2.19 bits per heavy atom. The van der Waals surface area contributed by atoms with Gasteiger partial charge >= 0.3 is 0 Å². The van der Waals surface area contributed by atoms with Gasteiger partial charge in [-0.1, -0.05) is 22.0 Å². The molecule has 0 aliphatic carbocycles. The lowest BCUT2D eigenvalue weighted by Crippen LogP contribution is -2.18. The lowest BCUT2D eigenvalue weighted by molar-refractivity contribution is 0.574. The highest BCUT2D eigenvalue weighted by Crippen LogP contribution is 2.31. The van der Waals surface area contributed by atoms with E-state index in [0.717, 1.165) is 10.0 Å². The Hall–Kier alpha value is -0.710. The molecule has 0 aliphatic heterocycles. The van der Waals surface area contributed by atoms with Crippen LogP contribution in [0.1, 0.15) is 17.2 Å². The summed E-state index contributed by atoms with van der Waals surface area (Å²) in [7, 11) is 1.83. The first kappa shape index (κ1) is 11.8. The number of hydrogen-bond donors (Lipinski definition) is 1. The van der Waals surface area contributed by atoms with E-state index < -0.39 is 0 Å². The molecule has 4 heteroatoms. The first-order valence-corrected chi connectivity index (χ1v) is 6.61. The second kappa shape index (κ2) is 5.08. The SMILES string of the molecule is CNC(c1ccsc1)c1c(F)cccc1Br. The van der Waals surface area contributed by atoms with Crippen LogP contribution in [0.2, 0.25) is 0 Å². The van der Waals surface area contributed by atoms with Gasteiger partial charge in [-0.05, 0) is 41.6 Å². The van der Waals surface area contributed by atoms with Gasteiger partial charge in [-0.2, -0.15) is 11.3 Å². The quantitative estimate of drug-likeness (QED) is 0.905. The van der Waals surface area contributed by atoms with E-state index in [1.54, 1.807) is 17.4 Å². The third-order valence-electron chi connectivity index (χ3n) is 2.45. The zero-order valence-electron chi connectivity index (χ0n) is 8.71. The van der Waals surface area contributed by atoms with Gasteiger partial charge in [0.1, 0.15) is 5.82 Å². The first-order chi connectivity index (χ1) is 7.74. The molecule has 0 amide bonds. The molecule has 1 N–H and O–H groups in total. The van der Waals surface area contributed by atoms with Crippen molar-refractivity contribution < 1.29 is 4.39 Å². The summed E-state index contributed by atoms with van der Waals surface area (Å²) in [4.78, 5) is 0. The Morgan fingerprint density at radius 1 is 1.38 bits per heavy atom. The van der Waals surface area contributed by atoms with E-state index in [0.29, 0.717) is 5.56 Å². The predicted octanol–water partition coefficient (Wildman–Crippen LogP) is 3.96. The average Bonchev–Trinajstić information content (AvgIpc) is 2.77. The topological polar surface area (TPSA) is 12.0 Å². The van der Waals surface area contributed by atoms with Crippen molar-refractivity contribution in [2.24, 2.45) is 0 Å². The summed E-state index contributed by atoms with van der Waals surface area (Å²) in [6.07, 6.45) is 0. The first-order valence-electron chi connectivity index (χ1n) is 4.87. The zero-order chi connectivity index (χ0) is 11.5. The minimum Gasteiger partial charge on any atom is -0.309 e. The lowest BCUT2D eigenvalue weighted by Gasteiger charge is -2.17. The van der Waals surface area contributed by atoms with Gasteiger partial charge in [-0.15, -0.1) is 0 Å². The number of benzene rings is 1. The Balaban J connectivity index is 2.49. The Kier molecular flexibility index (Phi) is 3.74. The van der Waals surface area contributed by atoms with Crippen LogP contribution in [0, 0.1) is 5.82 Å². The second-order valence-electron chi connectivity index (χ2n) is 3.41. The number of thiophene rings is 1. The standard InChI is InChI=1S/C12H11BrFNS/c1-15-12(8-5-6-16-7-8)11-9(13)3-2-4-10(11)14/h2-7,12,15H,1H3. The maximum absolute atomic E-state index is 13.8. The van der Waals surface area contributed by atoms with Crippen LogP contribution in [-0.4, -0.2) is 7.05 Å². The van der Waals surface area contributed by atoms with Crippen LogP contribution in [0.3, 0.4) is 0 Å². The predicted molar refractivity (Wildman–Crippen MR) is 69.3 cm³/mol. The molecule has 0 radical (unpaired) electrons. The van der Waals surface area contributed by atoms with Crippen LogP contribution in [0.5, 0.6) is 0 Å². The van der Waals surface area contributed by atoms with Crippen LogP contribution >= 0.6 is 27.3 Å². The molecule has 1 atom stereocenters. The van der Waals surface area contributed by atoms with E-state index in [1.807, 2.05) is 29.9 Å².